The van der Waals surface area contributed by atoms with Gasteiger partial charge in [-0.2, -0.15) is 0 Å². The van der Waals surface area contributed by atoms with Crippen LogP contribution in [0.3, 0.4) is 0 Å². The zero-order valence-electron chi connectivity index (χ0n) is 13.1. The van der Waals surface area contributed by atoms with Crippen molar-refractivity contribution >= 4 is 10.0 Å². The Labute approximate surface area is 136 Å². The van der Waals surface area contributed by atoms with Gasteiger partial charge in [-0.15, -0.1) is 0 Å². The molecule has 7 heteroatoms. The second-order valence-electron chi connectivity index (χ2n) is 6.16. The van der Waals surface area contributed by atoms with Gasteiger partial charge in [-0.25, -0.2) is 17.5 Å². The van der Waals surface area contributed by atoms with E-state index in [1.807, 2.05) is 0 Å². The van der Waals surface area contributed by atoms with Gasteiger partial charge in [0.2, 0.25) is 10.0 Å². The van der Waals surface area contributed by atoms with Crippen molar-refractivity contribution in [1.29, 1.82) is 0 Å². The molecule has 1 aliphatic carbocycles. The largest absolute Gasteiger partial charge is 0.492 e. The Morgan fingerprint density at radius 2 is 1.83 bits per heavy atom. The fraction of sp³-hybridized carbons (Fsp3) is 0.625. The van der Waals surface area contributed by atoms with Gasteiger partial charge >= 0.3 is 0 Å². The zero-order valence-corrected chi connectivity index (χ0v) is 13.9. The fourth-order valence-corrected chi connectivity index (χ4v) is 3.80. The van der Waals surface area contributed by atoms with Crippen LogP contribution in [0.5, 0.6) is 5.75 Å². The summed E-state index contributed by atoms with van der Waals surface area (Å²) in [4.78, 5) is 0. The molecule has 1 aliphatic rings. The number of ether oxygens (including phenoxy) is 1. The number of benzene rings is 1. The van der Waals surface area contributed by atoms with Crippen LogP contribution in [0.1, 0.15) is 32.1 Å². The number of halogens is 1. The first-order chi connectivity index (χ1) is 10.9. The minimum absolute atomic E-state index is 0.00159. The molecule has 0 amide bonds. The van der Waals surface area contributed by atoms with Crippen LogP contribution < -0.4 is 9.46 Å². The second kappa shape index (κ2) is 8.08. The van der Waals surface area contributed by atoms with Crippen LogP contribution in [0.2, 0.25) is 0 Å². The van der Waals surface area contributed by atoms with Crippen LogP contribution in [0.15, 0.2) is 24.3 Å². The van der Waals surface area contributed by atoms with Crippen molar-refractivity contribution < 1.29 is 22.7 Å². The van der Waals surface area contributed by atoms with Crippen molar-refractivity contribution in [2.24, 2.45) is 5.41 Å². The molecule has 0 heterocycles. The van der Waals surface area contributed by atoms with Gasteiger partial charge in [-0.1, -0.05) is 19.3 Å². The molecule has 1 aromatic rings. The van der Waals surface area contributed by atoms with Gasteiger partial charge in [-0.3, -0.25) is 0 Å². The standard InChI is InChI=1S/C16H24FNO4S/c17-14-4-6-15(7-5-14)22-10-11-23(20,21)18-12-16(13-19)8-2-1-3-9-16/h4-7,18-19H,1-3,8-13H2. The van der Waals surface area contributed by atoms with Gasteiger partial charge < -0.3 is 9.84 Å². The van der Waals surface area contributed by atoms with Crippen LogP contribution in [-0.2, 0) is 10.0 Å². The van der Waals surface area contributed by atoms with Gasteiger partial charge in [0.25, 0.3) is 0 Å². The van der Waals surface area contributed by atoms with Crippen molar-refractivity contribution in [3.63, 3.8) is 0 Å². The third kappa shape index (κ3) is 5.75. The molecule has 0 saturated heterocycles. The van der Waals surface area contributed by atoms with Gasteiger partial charge in [0.05, 0.1) is 5.75 Å². The highest BCUT2D eigenvalue weighted by Gasteiger charge is 2.32. The molecule has 2 rings (SSSR count). The highest BCUT2D eigenvalue weighted by Crippen LogP contribution is 2.35. The average Bonchev–Trinajstić information content (AvgIpc) is 2.56. The van der Waals surface area contributed by atoms with Gasteiger partial charge in [0.15, 0.2) is 0 Å². The number of hydrogen-bond acceptors (Lipinski definition) is 4. The van der Waals surface area contributed by atoms with Gasteiger partial charge in [0, 0.05) is 18.6 Å². The average molecular weight is 345 g/mol. The summed E-state index contributed by atoms with van der Waals surface area (Å²) in [6, 6.07) is 5.43. The molecular formula is C16H24FNO4S. The molecule has 0 aromatic heterocycles. The third-order valence-electron chi connectivity index (χ3n) is 4.35. The van der Waals surface area contributed by atoms with Crippen LogP contribution in [0.25, 0.3) is 0 Å². The van der Waals surface area contributed by atoms with Crippen molar-refractivity contribution in [3.8, 4) is 5.75 Å². The molecule has 2 N–H and O–H groups in total. The van der Waals surface area contributed by atoms with Crippen molar-refractivity contribution in [1.82, 2.24) is 4.72 Å². The summed E-state index contributed by atoms with van der Waals surface area (Å²) >= 11 is 0. The molecule has 0 bridgehead atoms. The highest BCUT2D eigenvalue weighted by atomic mass is 32.2. The van der Waals surface area contributed by atoms with E-state index in [1.165, 1.54) is 24.3 Å². The Balaban J connectivity index is 1.78. The molecule has 0 aliphatic heterocycles. The molecule has 0 radical (unpaired) electrons. The van der Waals surface area contributed by atoms with E-state index in [0.29, 0.717) is 5.75 Å². The van der Waals surface area contributed by atoms with Crippen LogP contribution in [0, 0.1) is 11.2 Å². The molecule has 1 fully saturated rings. The van der Waals surface area contributed by atoms with Crippen molar-refractivity contribution in [2.75, 3.05) is 25.5 Å². The quantitative estimate of drug-likeness (QED) is 0.756. The van der Waals surface area contributed by atoms with E-state index < -0.39 is 10.0 Å². The van der Waals surface area contributed by atoms with Crippen molar-refractivity contribution in [3.05, 3.63) is 30.1 Å². The first kappa shape index (κ1) is 18.2. The predicted octanol–water partition coefficient (Wildman–Crippen LogP) is 2.07. The Bertz CT molecular complexity index is 583. The molecular weight excluding hydrogens is 321 g/mol. The fourth-order valence-electron chi connectivity index (χ4n) is 2.83. The molecule has 0 spiro atoms. The molecule has 0 atom stereocenters. The van der Waals surface area contributed by atoms with E-state index in [9.17, 15) is 17.9 Å². The van der Waals surface area contributed by atoms with Crippen molar-refractivity contribution in [2.45, 2.75) is 32.1 Å². The summed E-state index contributed by atoms with van der Waals surface area (Å²) in [7, 11) is -3.47. The first-order valence-corrected chi connectivity index (χ1v) is 9.57. The lowest BCUT2D eigenvalue weighted by atomic mass is 9.75. The lowest BCUT2D eigenvalue weighted by Crippen LogP contribution is -2.42. The van der Waals surface area contributed by atoms with E-state index in [-0.39, 0.29) is 36.7 Å². The number of rotatable bonds is 8. The van der Waals surface area contributed by atoms with Crippen LogP contribution >= 0.6 is 0 Å². The normalized spacial score (nSPS) is 17.8. The maximum absolute atomic E-state index is 12.8. The van der Waals surface area contributed by atoms with Gasteiger partial charge in [0.1, 0.15) is 18.2 Å². The van der Waals surface area contributed by atoms with Crippen LogP contribution in [0.4, 0.5) is 4.39 Å². The summed E-state index contributed by atoms with van der Waals surface area (Å²) in [5.74, 6) is -0.111. The van der Waals surface area contributed by atoms with E-state index in [4.69, 9.17) is 4.74 Å². The second-order valence-corrected chi connectivity index (χ2v) is 8.09. The Morgan fingerprint density at radius 3 is 2.43 bits per heavy atom. The maximum Gasteiger partial charge on any atom is 0.214 e. The Kier molecular flexibility index (Phi) is 6.38. The monoisotopic (exact) mass is 345 g/mol. The Hall–Kier alpha value is -1.18. The van der Waals surface area contributed by atoms with E-state index in [1.54, 1.807) is 0 Å². The maximum atomic E-state index is 12.8. The smallest absolute Gasteiger partial charge is 0.214 e. The molecule has 5 nitrogen and oxygen atoms in total. The number of aliphatic hydroxyl groups excluding tert-OH is 1. The number of nitrogens with one attached hydrogen (secondary N) is 1. The molecule has 23 heavy (non-hydrogen) atoms. The number of aliphatic hydroxyl groups is 1. The number of sulfonamides is 1. The first-order valence-electron chi connectivity index (χ1n) is 7.91. The third-order valence-corrected chi connectivity index (χ3v) is 5.64. The number of hydrogen-bond donors (Lipinski definition) is 2. The minimum Gasteiger partial charge on any atom is -0.492 e. The molecule has 1 saturated carbocycles. The summed E-state index contributed by atoms with van der Waals surface area (Å²) in [6.45, 7) is 0.261. The Morgan fingerprint density at radius 1 is 1.17 bits per heavy atom. The van der Waals surface area contributed by atoms with Gasteiger partial charge in [-0.05, 0) is 37.1 Å². The summed E-state index contributed by atoms with van der Waals surface area (Å²) in [5, 5.41) is 9.60. The topological polar surface area (TPSA) is 75.6 Å². The van der Waals surface area contributed by atoms with E-state index >= 15 is 0 Å². The summed E-state index contributed by atoms with van der Waals surface area (Å²) < 4.78 is 44.7. The molecule has 130 valence electrons. The van der Waals surface area contributed by atoms with Crippen LogP contribution in [-0.4, -0.2) is 39.0 Å². The molecule has 1 aromatic carbocycles. The zero-order chi connectivity index (χ0) is 16.8. The predicted molar refractivity (Wildman–Crippen MR) is 86.3 cm³/mol. The lowest BCUT2D eigenvalue weighted by Gasteiger charge is -2.35. The minimum atomic E-state index is -3.47. The molecule has 0 unspecified atom stereocenters. The summed E-state index contributed by atoms with van der Waals surface area (Å²) in [5.41, 5.74) is -0.330. The van der Waals surface area contributed by atoms with E-state index in [0.717, 1.165) is 32.1 Å². The summed E-state index contributed by atoms with van der Waals surface area (Å²) in [6.07, 6.45) is 4.88. The highest BCUT2D eigenvalue weighted by molar-refractivity contribution is 7.89. The SMILES string of the molecule is O=S(=O)(CCOc1ccc(F)cc1)NCC1(CO)CCCCC1. The lowest BCUT2D eigenvalue weighted by molar-refractivity contribution is 0.0867. The van der Waals surface area contributed by atoms with E-state index in [2.05, 4.69) is 4.72 Å².